The first-order valence-electron chi connectivity index (χ1n) is 17.7. The van der Waals surface area contributed by atoms with Crippen LogP contribution in [-0.2, 0) is 27.3 Å². The summed E-state index contributed by atoms with van der Waals surface area (Å²) in [6, 6.07) is 8.07. The summed E-state index contributed by atoms with van der Waals surface area (Å²) in [7, 11) is 0. The highest BCUT2D eigenvalue weighted by molar-refractivity contribution is 5.92. The zero-order valence-corrected chi connectivity index (χ0v) is 29.9. The SMILES string of the molecule is C=C(C[C@H](O)[C@H](CC1CCCCC1)NC(=O)[C@@H](C[C@H](O)[C@H](Cc1ccccc1)NC(=O)OC(C)(C)C)Cn1ccnn1)C(=O)NCC(C)C. The predicted octanol–water partition coefficient (Wildman–Crippen LogP) is 4.32. The maximum Gasteiger partial charge on any atom is 0.407 e. The van der Waals surface area contributed by atoms with E-state index in [-0.39, 0.29) is 42.7 Å². The van der Waals surface area contributed by atoms with Crippen molar-refractivity contribution in [2.24, 2.45) is 17.8 Å². The van der Waals surface area contributed by atoms with Crippen LogP contribution in [0.15, 0.2) is 54.9 Å². The number of benzene rings is 1. The molecule has 0 spiro atoms. The average Bonchev–Trinajstić information content (AvgIpc) is 3.56. The molecule has 1 aromatic heterocycles. The second-order valence-corrected chi connectivity index (χ2v) is 14.9. The van der Waals surface area contributed by atoms with Crippen molar-refractivity contribution in [1.82, 2.24) is 30.9 Å². The molecule has 5 atom stereocenters. The fourth-order valence-electron chi connectivity index (χ4n) is 6.19. The minimum atomic E-state index is -1.14. The summed E-state index contributed by atoms with van der Waals surface area (Å²) in [6.45, 7) is 13.8. The Hall–Kier alpha value is -3.77. The number of carbonyl (C=O) groups excluding carboxylic acids is 3. The van der Waals surface area contributed by atoms with E-state index in [2.05, 4.69) is 32.8 Å². The maximum atomic E-state index is 14.1. The van der Waals surface area contributed by atoms with Gasteiger partial charge in [-0.1, -0.05) is 88.1 Å². The minimum absolute atomic E-state index is 0.0108. The highest BCUT2D eigenvalue weighted by Crippen LogP contribution is 2.29. The summed E-state index contributed by atoms with van der Waals surface area (Å²) in [6.07, 6.45) is 6.54. The number of alkyl carbamates (subject to hydrolysis) is 1. The van der Waals surface area contributed by atoms with Gasteiger partial charge in [0.05, 0.1) is 43.0 Å². The second kappa shape index (κ2) is 19.4. The van der Waals surface area contributed by atoms with Gasteiger partial charge in [0.2, 0.25) is 11.8 Å². The van der Waals surface area contributed by atoms with Crippen LogP contribution in [0.3, 0.4) is 0 Å². The number of rotatable bonds is 18. The largest absolute Gasteiger partial charge is 0.444 e. The third kappa shape index (κ3) is 14.7. The molecule has 1 saturated carbocycles. The van der Waals surface area contributed by atoms with Crippen molar-refractivity contribution in [3.8, 4) is 0 Å². The third-order valence-electron chi connectivity index (χ3n) is 8.79. The van der Waals surface area contributed by atoms with Gasteiger partial charge in [0.25, 0.3) is 0 Å². The van der Waals surface area contributed by atoms with Crippen molar-refractivity contribution in [1.29, 1.82) is 0 Å². The van der Waals surface area contributed by atoms with Crippen molar-refractivity contribution < 1.29 is 29.3 Å². The molecule has 1 aromatic carbocycles. The lowest BCUT2D eigenvalue weighted by molar-refractivity contribution is -0.128. The van der Waals surface area contributed by atoms with Gasteiger partial charge < -0.3 is 30.9 Å². The molecule has 12 heteroatoms. The van der Waals surface area contributed by atoms with E-state index in [1.54, 1.807) is 27.0 Å². The van der Waals surface area contributed by atoms with Crippen LogP contribution in [0.2, 0.25) is 0 Å². The van der Waals surface area contributed by atoms with Gasteiger partial charge in [-0.05, 0) is 57.4 Å². The number of ether oxygens (including phenoxy) is 1. The maximum absolute atomic E-state index is 14.1. The van der Waals surface area contributed by atoms with E-state index in [0.717, 1.165) is 31.2 Å². The van der Waals surface area contributed by atoms with Gasteiger partial charge >= 0.3 is 6.09 Å². The van der Waals surface area contributed by atoms with Crippen molar-refractivity contribution in [2.45, 2.75) is 129 Å². The lowest BCUT2D eigenvalue weighted by Crippen LogP contribution is -2.51. The van der Waals surface area contributed by atoms with E-state index >= 15 is 0 Å². The fourth-order valence-corrected chi connectivity index (χ4v) is 6.19. The highest BCUT2D eigenvalue weighted by Gasteiger charge is 2.34. The molecule has 3 amide bonds. The molecule has 1 fully saturated rings. The molecule has 2 aromatic rings. The molecule has 272 valence electrons. The summed E-state index contributed by atoms with van der Waals surface area (Å²) in [4.78, 5) is 39.7. The Morgan fingerprint density at radius 2 is 1.71 bits per heavy atom. The molecule has 3 rings (SSSR count). The molecule has 1 aliphatic carbocycles. The molecule has 49 heavy (non-hydrogen) atoms. The molecule has 1 aliphatic rings. The minimum Gasteiger partial charge on any atom is -0.444 e. The molecular weight excluding hydrogens is 624 g/mol. The van der Waals surface area contributed by atoms with Gasteiger partial charge in [-0.15, -0.1) is 5.10 Å². The van der Waals surface area contributed by atoms with Crippen LogP contribution in [0, 0.1) is 17.8 Å². The van der Waals surface area contributed by atoms with E-state index in [1.165, 1.54) is 17.3 Å². The number of hydrogen-bond acceptors (Lipinski definition) is 8. The summed E-state index contributed by atoms with van der Waals surface area (Å²) >= 11 is 0. The first kappa shape index (κ1) is 39.7. The summed E-state index contributed by atoms with van der Waals surface area (Å²) < 4.78 is 7.02. The topological polar surface area (TPSA) is 168 Å². The number of amides is 3. The third-order valence-corrected chi connectivity index (χ3v) is 8.79. The predicted molar refractivity (Wildman–Crippen MR) is 188 cm³/mol. The zero-order valence-electron chi connectivity index (χ0n) is 29.9. The van der Waals surface area contributed by atoms with Crippen molar-refractivity contribution in [3.63, 3.8) is 0 Å². The highest BCUT2D eigenvalue weighted by atomic mass is 16.6. The average molecular weight is 683 g/mol. The van der Waals surface area contributed by atoms with E-state index in [9.17, 15) is 24.6 Å². The van der Waals surface area contributed by atoms with E-state index < -0.39 is 41.9 Å². The number of hydrogen-bond donors (Lipinski definition) is 5. The number of aliphatic hydroxyl groups is 2. The van der Waals surface area contributed by atoms with Crippen LogP contribution in [0.5, 0.6) is 0 Å². The number of nitrogens with one attached hydrogen (secondary N) is 3. The Morgan fingerprint density at radius 3 is 2.33 bits per heavy atom. The zero-order chi connectivity index (χ0) is 36.0. The van der Waals surface area contributed by atoms with Gasteiger partial charge in [-0.25, -0.2) is 4.79 Å². The quantitative estimate of drug-likeness (QED) is 0.145. The monoisotopic (exact) mass is 682 g/mol. The Balaban J connectivity index is 1.82. The molecule has 0 bridgehead atoms. The van der Waals surface area contributed by atoms with Crippen LogP contribution < -0.4 is 16.0 Å². The van der Waals surface area contributed by atoms with Crippen LogP contribution >= 0.6 is 0 Å². The first-order valence-corrected chi connectivity index (χ1v) is 17.7. The number of aliphatic hydroxyl groups excluding tert-OH is 2. The van der Waals surface area contributed by atoms with Gasteiger partial charge in [-0.2, -0.15) is 0 Å². The Kier molecular flexibility index (Phi) is 15.7. The molecule has 0 unspecified atom stereocenters. The fraction of sp³-hybridized carbons (Fsp3) is 0.649. The molecule has 1 heterocycles. The molecule has 0 saturated heterocycles. The van der Waals surface area contributed by atoms with E-state index in [4.69, 9.17) is 4.74 Å². The molecular formula is C37H58N6O6. The first-order chi connectivity index (χ1) is 23.2. The van der Waals surface area contributed by atoms with Crippen LogP contribution in [0.4, 0.5) is 4.79 Å². The molecule has 12 nitrogen and oxygen atoms in total. The Bertz CT molecular complexity index is 1310. The Labute approximate surface area is 291 Å². The van der Waals surface area contributed by atoms with E-state index in [0.29, 0.717) is 25.3 Å². The standard InChI is InChI=1S/C37H58N6O6/c1-25(2)23-38-34(46)26(3)19-32(44)30(20-27-13-9-7-10-14-27)40-35(47)29(24-43-18-17-39-42-43)22-33(45)31(21-28-15-11-8-12-16-28)41-36(48)49-37(4,5)6/h8,11-12,15-18,25,27,29-33,44-45H,3,7,9-10,13-14,19-24H2,1-2,4-6H3,(H,38,46)(H,40,47)(H,41,48)/t29-,30-,31-,32-,33-/m0/s1. The lowest BCUT2D eigenvalue weighted by atomic mass is 9.82. The molecule has 0 aliphatic heterocycles. The van der Waals surface area contributed by atoms with Gasteiger partial charge in [-0.3, -0.25) is 14.3 Å². The van der Waals surface area contributed by atoms with Gasteiger partial charge in [0, 0.05) is 24.7 Å². The number of nitrogens with zero attached hydrogens (tertiary/aromatic N) is 3. The van der Waals surface area contributed by atoms with Gasteiger partial charge in [0.15, 0.2) is 0 Å². The summed E-state index contributed by atoms with van der Waals surface area (Å²) in [5.41, 5.74) is 0.409. The number of aromatic nitrogens is 3. The smallest absolute Gasteiger partial charge is 0.407 e. The normalized spacial score (nSPS) is 17.0. The Morgan fingerprint density at radius 1 is 1.02 bits per heavy atom. The van der Waals surface area contributed by atoms with Crippen molar-refractivity contribution in [3.05, 3.63) is 60.4 Å². The second-order valence-electron chi connectivity index (χ2n) is 14.9. The summed E-state index contributed by atoms with van der Waals surface area (Å²) in [5, 5.41) is 39.8. The molecule has 0 radical (unpaired) electrons. The van der Waals surface area contributed by atoms with Crippen LogP contribution in [0.25, 0.3) is 0 Å². The van der Waals surface area contributed by atoms with Crippen LogP contribution in [0.1, 0.15) is 91.5 Å². The molecule has 5 N–H and O–H groups in total. The van der Waals surface area contributed by atoms with Crippen molar-refractivity contribution >= 4 is 17.9 Å². The van der Waals surface area contributed by atoms with Crippen molar-refractivity contribution in [2.75, 3.05) is 6.54 Å². The summed E-state index contributed by atoms with van der Waals surface area (Å²) in [5.74, 6) is -0.896. The lowest BCUT2D eigenvalue weighted by Gasteiger charge is -2.32. The van der Waals surface area contributed by atoms with Gasteiger partial charge in [0.1, 0.15) is 5.60 Å². The van der Waals surface area contributed by atoms with Crippen LogP contribution in [-0.4, -0.2) is 79.6 Å². The number of carbonyl (C=O) groups is 3. The van der Waals surface area contributed by atoms with E-state index in [1.807, 2.05) is 44.2 Å².